The summed E-state index contributed by atoms with van der Waals surface area (Å²) in [6, 6.07) is 9.48. The average Bonchev–Trinajstić information content (AvgIpc) is 3.47. The summed E-state index contributed by atoms with van der Waals surface area (Å²) < 4.78 is 50.8. The second kappa shape index (κ2) is 20.7. The highest BCUT2D eigenvalue weighted by atomic mass is 35.5. The summed E-state index contributed by atoms with van der Waals surface area (Å²) in [5, 5.41) is 16.5. The van der Waals surface area contributed by atoms with Gasteiger partial charge in [0.05, 0.1) is 36.2 Å². The number of likely N-dealkylation sites (tertiary alicyclic amines) is 1. The molecule has 2 aromatic carbocycles. The first-order chi connectivity index (χ1) is 33.7. The quantitative estimate of drug-likeness (QED) is 0.122. The number of hydrogen-bond acceptors (Lipinski definition) is 11. The van der Waals surface area contributed by atoms with E-state index in [1.54, 1.807) is 33.2 Å². The molecule has 382 valence electrons. The van der Waals surface area contributed by atoms with Crippen molar-refractivity contribution in [2.45, 2.75) is 122 Å². The third kappa shape index (κ3) is 10.6. The number of aromatic nitrogens is 2. The van der Waals surface area contributed by atoms with Gasteiger partial charge in [-0.3, -0.25) is 34.0 Å². The lowest BCUT2D eigenvalue weighted by Gasteiger charge is -2.40. The van der Waals surface area contributed by atoms with Gasteiger partial charge in [-0.1, -0.05) is 45.4 Å². The van der Waals surface area contributed by atoms with Gasteiger partial charge < -0.3 is 39.0 Å². The topological polar surface area (TPSA) is 185 Å². The van der Waals surface area contributed by atoms with Crippen LogP contribution in [-0.2, 0) is 52.8 Å². The van der Waals surface area contributed by atoms with Crippen molar-refractivity contribution in [2.75, 3.05) is 47.0 Å². The van der Waals surface area contributed by atoms with E-state index in [-0.39, 0.29) is 44.5 Å². The van der Waals surface area contributed by atoms with E-state index >= 15 is 4.39 Å². The van der Waals surface area contributed by atoms with Gasteiger partial charge >= 0.3 is 5.97 Å². The molecule has 0 aliphatic carbocycles. The Kier molecular flexibility index (Phi) is 15.0. The third-order valence-electron chi connectivity index (χ3n) is 14.3. The monoisotopic (exact) mass is 1000 g/mol. The largest absolute Gasteiger partial charge is 0.508 e. The number of rotatable bonds is 9. The Bertz CT molecular complexity index is 2700. The van der Waals surface area contributed by atoms with Gasteiger partial charge in [0.2, 0.25) is 5.91 Å². The Hall–Kier alpha value is -5.85. The number of halogens is 3. The average molecular weight is 1000 g/mol. The number of likely N-dealkylation sites (N-methyl/N-ethyl adjacent to an activating group) is 1. The van der Waals surface area contributed by atoms with Crippen LogP contribution in [0, 0.1) is 11.3 Å². The van der Waals surface area contributed by atoms with Crippen LogP contribution < -0.4 is 15.5 Å². The second-order valence-corrected chi connectivity index (χ2v) is 20.9. The van der Waals surface area contributed by atoms with Gasteiger partial charge in [0.15, 0.2) is 5.67 Å². The van der Waals surface area contributed by atoms with Crippen LogP contribution in [-0.4, -0.2) is 135 Å². The van der Waals surface area contributed by atoms with E-state index in [2.05, 4.69) is 21.4 Å². The van der Waals surface area contributed by atoms with E-state index in [1.165, 1.54) is 18.1 Å². The normalized spacial score (nSPS) is 21.6. The molecule has 0 saturated carbocycles. The number of benzene rings is 2. The highest BCUT2D eigenvalue weighted by Gasteiger charge is 2.48. The lowest BCUT2D eigenvalue weighted by molar-refractivity contribution is -0.156. The molecule has 4 aliphatic rings. The minimum Gasteiger partial charge on any atom is -0.508 e. The molecule has 2 saturated heterocycles. The number of pyridine rings is 1. The number of methoxy groups -OCH3 is 1. The van der Waals surface area contributed by atoms with Gasteiger partial charge in [-0.2, -0.15) is 0 Å². The van der Waals surface area contributed by atoms with E-state index in [9.17, 15) is 33.5 Å². The van der Waals surface area contributed by atoms with E-state index in [4.69, 9.17) is 30.8 Å². The van der Waals surface area contributed by atoms with Gasteiger partial charge in [0, 0.05) is 82.2 Å². The predicted octanol–water partition coefficient (Wildman–Crippen LogP) is 6.56. The molecule has 3 N–H and O–H groups in total. The number of hydrazine groups is 1. The number of ether oxygens (including phenoxy) is 3. The summed E-state index contributed by atoms with van der Waals surface area (Å²) in [5.41, 5.74) is 4.00. The van der Waals surface area contributed by atoms with Crippen LogP contribution in [0.15, 0.2) is 48.7 Å². The molecule has 4 amide bonds. The number of nitrogens with zero attached hydrogens (tertiary/aromatic N) is 5. The molecule has 16 nitrogen and oxygen atoms in total. The number of carbonyl (C=O) groups excluding carboxylic acids is 5. The van der Waals surface area contributed by atoms with Crippen molar-refractivity contribution in [2.24, 2.45) is 11.3 Å². The van der Waals surface area contributed by atoms with Gasteiger partial charge in [0.25, 0.3) is 23.4 Å². The third-order valence-corrected chi connectivity index (χ3v) is 14.5. The minimum absolute atomic E-state index is 0.0426. The van der Waals surface area contributed by atoms with Gasteiger partial charge in [-0.25, -0.2) is 14.2 Å². The fourth-order valence-corrected chi connectivity index (χ4v) is 10.8. The standard InChI is InChI=1S/C52H64ClF2N7O9/c1-29(2)42(59(6)50(68)52(55)13-18-60(19-14-52)48(66)45(53)54)46(64)57-39-23-31-21-32(24-34(63)22-31)33-25-36-37(27-51(4,5)28-71-49(67)38-12-9-17-62(58-38)47(39)65)43(35-11-8-15-56-41(35)30(3)69-7)61-16-10-20-70-40(26-33)44(36)61/h8,11,15,21-22,24-26,29-30,38-39,42,45,58,63H,9-10,12-14,16-20,23,27-28H2,1-7H3,(H,57,64)/t30-,38-,39-,42-,45-/m0/s1. The summed E-state index contributed by atoms with van der Waals surface area (Å²) in [5.74, 6) is -3.92. The van der Waals surface area contributed by atoms with E-state index in [0.717, 1.165) is 43.2 Å². The van der Waals surface area contributed by atoms with E-state index in [0.29, 0.717) is 61.3 Å². The van der Waals surface area contributed by atoms with Crippen LogP contribution >= 0.6 is 11.6 Å². The molecule has 8 rings (SSSR count). The Morgan fingerprint density at radius 1 is 1.03 bits per heavy atom. The summed E-state index contributed by atoms with van der Waals surface area (Å²) in [6.07, 6.45) is 2.42. The predicted molar refractivity (Wildman–Crippen MR) is 262 cm³/mol. The fourth-order valence-electron chi connectivity index (χ4n) is 10.6. The molecule has 4 aromatic rings. The highest BCUT2D eigenvalue weighted by molar-refractivity contribution is 6.29. The van der Waals surface area contributed by atoms with Crippen molar-refractivity contribution in [1.29, 1.82) is 0 Å². The molecule has 2 fully saturated rings. The Morgan fingerprint density at radius 3 is 2.46 bits per heavy atom. The maximum atomic E-state index is 16.5. The number of fused-ring (bicyclic) bond motifs is 6. The summed E-state index contributed by atoms with van der Waals surface area (Å²) in [6.45, 7) is 10.2. The molecule has 0 spiro atoms. The second-order valence-electron chi connectivity index (χ2n) is 20.5. The van der Waals surface area contributed by atoms with Gasteiger partial charge in [0.1, 0.15) is 29.6 Å². The Balaban J connectivity index is 1.21. The van der Waals surface area contributed by atoms with Gasteiger partial charge in [-0.15, -0.1) is 0 Å². The highest BCUT2D eigenvalue weighted by Crippen LogP contribution is 2.46. The molecule has 2 aromatic heterocycles. The number of cyclic esters (lactones) is 1. The summed E-state index contributed by atoms with van der Waals surface area (Å²) in [7, 11) is 2.96. The van der Waals surface area contributed by atoms with E-state index in [1.807, 2.05) is 45.0 Å². The minimum atomic E-state index is -2.47. The number of hydrogen-bond donors (Lipinski definition) is 3. The molecule has 6 heterocycles. The number of aryl methyl sites for hydroxylation is 1. The number of amides is 4. The van der Waals surface area contributed by atoms with E-state index < -0.39 is 83.2 Å². The molecule has 5 atom stereocenters. The van der Waals surface area contributed by atoms with Crippen LogP contribution in [0.1, 0.15) is 89.6 Å². The first-order valence-corrected chi connectivity index (χ1v) is 24.8. The van der Waals surface area contributed by atoms with Crippen LogP contribution in [0.25, 0.3) is 33.3 Å². The number of phenolic OH excluding ortho intramolecular Hbond substituents is 1. The number of esters is 1. The molecular weight excluding hydrogens is 940 g/mol. The number of aromatic hydroxyl groups is 1. The smallest absolute Gasteiger partial charge is 0.324 e. The first kappa shape index (κ1) is 51.5. The zero-order chi connectivity index (χ0) is 51.1. The number of nitrogens with one attached hydrogen (secondary N) is 2. The van der Waals surface area contributed by atoms with Crippen molar-refractivity contribution in [1.82, 2.24) is 35.1 Å². The number of carbonyl (C=O) groups is 5. The van der Waals surface area contributed by atoms with Crippen LogP contribution in [0.3, 0.4) is 0 Å². The van der Waals surface area contributed by atoms with Crippen molar-refractivity contribution in [3.05, 3.63) is 65.5 Å². The van der Waals surface area contributed by atoms with Crippen molar-refractivity contribution >= 4 is 52.1 Å². The Labute approximate surface area is 417 Å². The molecule has 0 radical (unpaired) electrons. The van der Waals surface area contributed by atoms with Crippen LogP contribution in [0.5, 0.6) is 11.5 Å². The zero-order valence-corrected chi connectivity index (χ0v) is 42.1. The lowest BCUT2D eigenvalue weighted by atomic mass is 9.84. The van der Waals surface area contributed by atoms with Gasteiger partial charge in [-0.05, 0) is 97.2 Å². The maximum absolute atomic E-state index is 16.5. The number of piperidine rings is 1. The van der Waals surface area contributed by atoms with Crippen molar-refractivity contribution < 1.29 is 52.1 Å². The molecule has 71 heavy (non-hydrogen) atoms. The summed E-state index contributed by atoms with van der Waals surface area (Å²) in [4.78, 5) is 76.4. The zero-order valence-electron chi connectivity index (χ0n) is 41.4. The molecule has 6 bridgehead atoms. The Morgan fingerprint density at radius 2 is 1.76 bits per heavy atom. The number of alkyl halides is 3. The summed E-state index contributed by atoms with van der Waals surface area (Å²) >= 11 is 5.35. The fraction of sp³-hybridized carbons (Fsp3) is 0.538. The van der Waals surface area contributed by atoms with Crippen molar-refractivity contribution in [3.8, 4) is 33.9 Å². The molecule has 4 aliphatic heterocycles. The van der Waals surface area contributed by atoms with Crippen LogP contribution in [0.2, 0.25) is 0 Å². The van der Waals surface area contributed by atoms with Crippen molar-refractivity contribution in [3.63, 3.8) is 0 Å². The lowest BCUT2D eigenvalue weighted by Crippen LogP contribution is -2.63. The molecule has 0 unspecified atom stereocenters. The number of phenols is 1. The maximum Gasteiger partial charge on any atom is 0.324 e. The molecular formula is C52H64ClF2N7O9. The first-order valence-electron chi connectivity index (χ1n) is 24.4. The SMILES string of the molecule is CO[C@@H](C)c1ncccc1-c1c2c3cc(cc4c3n1CCCO4)-c1cc(O)cc(c1)C[C@H](NC(=O)[C@H](C(C)C)N(C)C(=O)C1(F)CCN(C(=O)[C@H](F)Cl)CC1)C(=O)N1CCC[C@H](N1)C(=O)OCC(C)(C)C2. The molecule has 19 heteroatoms. The van der Waals surface area contributed by atoms with Crippen LogP contribution in [0.4, 0.5) is 8.78 Å².